The van der Waals surface area contributed by atoms with Crippen LogP contribution in [0.5, 0.6) is 11.5 Å². The minimum absolute atomic E-state index is 0.0700. The molecule has 0 radical (unpaired) electrons. The Hall–Kier alpha value is -3.93. The molecule has 1 heterocycles. The Balaban J connectivity index is 1.58. The van der Waals surface area contributed by atoms with Gasteiger partial charge >= 0.3 is 5.97 Å². The van der Waals surface area contributed by atoms with Gasteiger partial charge in [0.1, 0.15) is 18.1 Å². The molecule has 1 aliphatic rings. The molecule has 0 aliphatic carbocycles. The van der Waals surface area contributed by atoms with Crippen LogP contribution in [-0.4, -0.2) is 18.8 Å². The third-order valence-electron chi connectivity index (χ3n) is 4.58. The van der Waals surface area contributed by atoms with Crippen LogP contribution in [0.1, 0.15) is 16.7 Å². The van der Waals surface area contributed by atoms with Crippen LogP contribution in [0.2, 0.25) is 0 Å². The van der Waals surface area contributed by atoms with Crippen LogP contribution in [0.25, 0.3) is 6.08 Å². The van der Waals surface area contributed by atoms with Crippen molar-refractivity contribution in [3.63, 3.8) is 0 Å². The average molecular weight is 403 g/mol. The minimum Gasteiger partial charge on any atom is -0.493 e. The predicted molar refractivity (Wildman–Crippen MR) is 111 cm³/mol. The number of methoxy groups -OCH3 is 1. The summed E-state index contributed by atoms with van der Waals surface area (Å²) in [4.78, 5) is 17.1. The van der Waals surface area contributed by atoms with Gasteiger partial charge in [-0.3, -0.25) is 0 Å². The topological polar surface area (TPSA) is 57.1 Å². The van der Waals surface area contributed by atoms with E-state index in [1.807, 2.05) is 30.3 Å². The normalized spacial score (nSPS) is 14.4. The van der Waals surface area contributed by atoms with Crippen molar-refractivity contribution in [2.45, 2.75) is 6.61 Å². The molecule has 3 aromatic carbocycles. The maximum atomic E-state index is 13.8. The van der Waals surface area contributed by atoms with E-state index in [4.69, 9.17) is 14.3 Å². The molecule has 5 nitrogen and oxygen atoms in total. The van der Waals surface area contributed by atoms with Crippen molar-refractivity contribution in [2.75, 3.05) is 7.11 Å². The van der Waals surface area contributed by atoms with E-state index < -0.39 is 5.97 Å². The Morgan fingerprint density at radius 1 is 1.00 bits per heavy atom. The molecule has 1 aliphatic heterocycles. The Kier molecular flexibility index (Phi) is 5.57. The summed E-state index contributed by atoms with van der Waals surface area (Å²) in [5, 5.41) is 3.90. The number of ether oxygens (including phenoxy) is 2. The first-order chi connectivity index (χ1) is 14.7. The van der Waals surface area contributed by atoms with Gasteiger partial charge in [0.25, 0.3) is 0 Å². The van der Waals surface area contributed by atoms with Crippen LogP contribution in [0, 0.1) is 5.82 Å². The van der Waals surface area contributed by atoms with Crippen molar-refractivity contribution in [3.05, 3.63) is 101 Å². The zero-order valence-electron chi connectivity index (χ0n) is 16.2. The molecule has 0 aromatic heterocycles. The lowest BCUT2D eigenvalue weighted by Gasteiger charge is -2.12. The number of carbonyl (C=O) groups is 1. The molecular formula is C24H18FNO4. The van der Waals surface area contributed by atoms with Gasteiger partial charge < -0.3 is 14.3 Å². The summed E-state index contributed by atoms with van der Waals surface area (Å²) in [6.45, 7) is 0.0700. The van der Waals surface area contributed by atoms with Gasteiger partial charge in [0, 0.05) is 11.1 Å². The molecule has 0 unspecified atom stereocenters. The molecule has 0 saturated heterocycles. The van der Waals surface area contributed by atoms with E-state index in [1.54, 1.807) is 42.5 Å². The molecular weight excluding hydrogens is 385 g/mol. The molecule has 4 rings (SSSR count). The monoisotopic (exact) mass is 403 g/mol. The number of hydrogen-bond acceptors (Lipinski definition) is 5. The Morgan fingerprint density at radius 3 is 2.53 bits per heavy atom. The zero-order chi connectivity index (χ0) is 20.9. The highest BCUT2D eigenvalue weighted by molar-refractivity contribution is 6.31. The fourth-order valence-electron chi connectivity index (χ4n) is 3.04. The first kappa shape index (κ1) is 19.4. The maximum absolute atomic E-state index is 13.8. The van der Waals surface area contributed by atoms with Crippen LogP contribution in [0.4, 0.5) is 4.39 Å². The third kappa shape index (κ3) is 4.07. The minimum atomic E-state index is -0.521. The summed E-state index contributed by atoms with van der Waals surface area (Å²) in [6, 6.07) is 21.0. The molecule has 150 valence electrons. The highest BCUT2D eigenvalue weighted by Crippen LogP contribution is 2.31. The molecule has 0 N–H and O–H groups in total. The first-order valence-corrected chi connectivity index (χ1v) is 9.27. The maximum Gasteiger partial charge on any atom is 0.368 e. The van der Waals surface area contributed by atoms with E-state index in [-0.39, 0.29) is 12.4 Å². The van der Waals surface area contributed by atoms with Gasteiger partial charge in [-0.15, -0.1) is 0 Å². The van der Waals surface area contributed by atoms with Crippen molar-refractivity contribution in [1.29, 1.82) is 0 Å². The van der Waals surface area contributed by atoms with E-state index >= 15 is 0 Å². The van der Waals surface area contributed by atoms with E-state index in [0.717, 1.165) is 5.56 Å². The van der Waals surface area contributed by atoms with Gasteiger partial charge in [0.15, 0.2) is 11.5 Å². The summed E-state index contributed by atoms with van der Waals surface area (Å²) in [7, 11) is 1.52. The highest BCUT2D eigenvalue weighted by atomic mass is 19.1. The second-order valence-corrected chi connectivity index (χ2v) is 6.53. The van der Waals surface area contributed by atoms with Crippen molar-refractivity contribution in [3.8, 4) is 11.5 Å². The fraction of sp³-hybridized carbons (Fsp3) is 0.0833. The number of halogens is 1. The molecule has 0 spiro atoms. The van der Waals surface area contributed by atoms with Gasteiger partial charge in [0.05, 0.1) is 12.7 Å². The second kappa shape index (κ2) is 8.61. The third-order valence-corrected chi connectivity index (χ3v) is 4.58. The predicted octanol–water partition coefficient (Wildman–Crippen LogP) is 4.76. The van der Waals surface area contributed by atoms with Gasteiger partial charge in [-0.2, -0.15) is 0 Å². The number of hydrogen-bond donors (Lipinski definition) is 0. The Morgan fingerprint density at radius 2 is 1.77 bits per heavy atom. The fourth-order valence-corrected chi connectivity index (χ4v) is 3.04. The average Bonchev–Trinajstić information content (AvgIpc) is 3.14. The number of benzene rings is 3. The van der Waals surface area contributed by atoms with Gasteiger partial charge in [0.2, 0.25) is 0 Å². The quantitative estimate of drug-likeness (QED) is 0.440. The van der Waals surface area contributed by atoms with Crippen molar-refractivity contribution >= 4 is 17.8 Å². The number of rotatable bonds is 6. The Bertz CT molecular complexity index is 1140. The summed E-state index contributed by atoms with van der Waals surface area (Å²) in [5.74, 6) is 0.0806. The summed E-state index contributed by atoms with van der Waals surface area (Å²) in [6.07, 6.45) is 1.68. The van der Waals surface area contributed by atoms with Crippen LogP contribution in [0.3, 0.4) is 0 Å². The summed E-state index contributed by atoms with van der Waals surface area (Å²) in [5.41, 5.74) is 2.76. The van der Waals surface area contributed by atoms with Gasteiger partial charge in [-0.1, -0.05) is 59.8 Å². The molecule has 6 heteroatoms. The summed E-state index contributed by atoms with van der Waals surface area (Å²) < 4.78 is 24.9. The molecule has 0 bridgehead atoms. The van der Waals surface area contributed by atoms with Crippen LogP contribution < -0.4 is 9.47 Å². The molecule has 0 fully saturated rings. The number of nitrogens with zero attached hydrogens (tertiary/aromatic N) is 1. The van der Waals surface area contributed by atoms with E-state index in [2.05, 4.69) is 5.16 Å². The lowest BCUT2D eigenvalue weighted by Crippen LogP contribution is -2.06. The molecule has 30 heavy (non-hydrogen) atoms. The van der Waals surface area contributed by atoms with Crippen LogP contribution >= 0.6 is 0 Å². The van der Waals surface area contributed by atoms with Gasteiger partial charge in [-0.05, 0) is 29.8 Å². The van der Waals surface area contributed by atoms with E-state index in [9.17, 15) is 9.18 Å². The lowest BCUT2D eigenvalue weighted by molar-refractivity contribution is -0.136. The largest absolute Gasteiger partial charge is 0.493 e. The molecule has 3 aromatic rings. The smallest absolute Gasteiger partial charge is 0.368 e. The number of carbonyl (C=O) groups excluding carboxylic acids is 1. The van der Waals surface area contributed by atoms with Crippen molar-refractivity contribution < 1.29 is 23.5 Å². The molecule has 0 amide bonds. The summed E-state index contributed by atoms with van der Waals surface area (Å²) >= 11 is 0. The van der Waals surface area contributed by atoms with E-state index in [0.29, 0.717) is 33.9 Å². The van der Waals surface area contributed by atoms with Crippen molar-refractivity contribution in [2.24, 2.45) is 5.16 Å². The van der Waals surface area contributed by atoms with Gasteiger partial charge in [-0.25, -0.2) is 9.18 Å². The van der Waals surface area contributed by atoms with Crippen LogP contribution in [-0.2, 0) is 16.2 Å². The highest BCUT2D eigenvalue weighted by Gasteiger charge is 2.26. The first-order valence-electron chi connectivity index (χ1n) is 9.27. The molecule has 0 saturated carbocycles. The molecule has 0 atom stereocenters. The standard InChI is InChI=1S/C24H18FNO4/c1-28-22-14-16(11-12-21(22)29-15-18-9-5-6-10-20(18)25)13-19-23(26-30-24(19)27)17-7-3-2-4-8-17/h2-14H,15H2,1H3/b19-13-. The Labute approximate surface area is 173 Å². The van der Waals surface area contributed by atoms with Crippen LogP contribution in [0.15, 0.2) is 83.5 Å². The van der Waals surface area contributed by atoms with Crippen molar-refractivity contribution in [1.82, 2.24) is 0 Å². The SMILES string of the molecule is COc1cc(/C=C2\C(=O)ON=C2c2ccccc2)ccc1OCc1ccccc1F. The second-order valence-electron chi connectivity index (χ2n) is 6.53. The zero-order valence-corrected chi connectivity index (χ0v) is 16.2. The number of oxime groups is 1. The lowest BCUT2D eigenvalue weighted by atomic mass is 10.0. The van der Waals surface area contributed by atoms with E-state index in [1.165, 1.54) is 13.2 Å².